The molecule has 0 aliphatic carbocycles. The van der Waals surface area contributed by atoms with Crippen molar-refractivity contribution >= 4 is 11.9 Å². The molecule has 1 aliphatic heterocycles. The van der Waals surface area contributed by atoms with Crippen LogP contribution in [0.3, 0.4) is 0 Å². The molecule has 0 spiro atoms. The van der Waals surface area contributed by atoms with E-state index < -0.39 is 5.91 Å². The Bertz CT molecular complexity index is 502. The van der Waals surface area contributed by atoms with E-state index in [0.717, 1.165) is 31.5 Å². The summed E-state index contributed by atoms with van der Waals surface area (Å²) in [6.45, 7) is 4.14. The molecule has 5 heteroatoms. The van der Waals surface area contributed by atoms with Crippen LogP contribution in [0.25, 0.3) is 0 Å². The Kier molecular flexibility index (Phi) is 4.61. The minimum absolute atomic E-state index is 0.0147. The molecule has 0 aromatic heterocycles. The molecular formula is C15H21N3O2. The van der Waals surface area contributed by atoms with Crippen molar-refractivity contribution in [3.05, 3.63) is 35.4 Å². The second kappa shape index (κ2) is 6.41. The van der Waals surface area contributed by atoms with Crippen molar-refractivity contribution in [1.29, 1.82) is 0 Å². The van der Waals surface area contributed by atoms with Gasteiger partial charge < -0.3 is 16.0 Å². The zero-order valence-electron chi connectivity index (χ0n) is 11.8. The van der Waals surface area contributed by atoms with Gasteiger partial charge >= 0.3 is 6.03 Å². The monoisotopic (exact) mass is 275 g/mol. The molecule has 2 rings (SSSR count). The van der Waals surface area contributed by atoms with E-state index in [4.69, 9.17) is 5.73 Å². The first kappa shape index (κ1) is 14.4. The van der Waals surface area contributed by atoms with Gasteiger partial charge in [0.15, 0.2) is 0 Å². The van der Waals surface area contributed by atoms with Gasteiger partial charge in [-0.2, -0.15) is 0 Å². The van der Waals surface area contributed by atoms with Gasteiger partial charge in [-0.1, -0.05) is 12.1 Å². The summed E-state index contributed by atoms with van der Waals surface area (Å²) in [6, 6.07) is 7.44. The van der Waals surface area contributed by atoms with E-state index in [9.17, 15) is 9.59 Å². The maximum atomic E-state index is 11.7. The third kappa shape index (κ3) is 3.50. The van der Waals surface area contributed by atoms with Crippen LogP contribution in [0.5, 0.6) is 0 Å². The normalized spacial score (nSPS) is 18.1. The number of carbonyl (C=O) groups excluding carboxylic acids is 2. The number of nitrogens with one attached hydrogen (secondary N) is 1. The standard InChI is InChI=1S/C15H21N3O2/c1-2-17-15(20)18-7-6-12(10-18)8-11-4-3-5-13(9-11)14(16)19/h3-5,9,12H,2,6-8,10H2,1H3,(H2,16,19)(H,17,20). The Balaban J connectivity index is 1.93. The number of nitrogens with zero attached hydrogens (tertiary/aromatic N) is 1. The highest BCUT2D eigenvalue weighted by Gasteiger charge is 2.25. The van der Waals surface area contributed by atoms with Gasteiger partial charge in [-0.25, -0.2) is 4.79 Å². The molecule has 0 radical (unpaired) electrons. The number of primary amides is 1. The van der Waals surface area contributed by atoms with Crippen molar-refractivity contribution in [2.75, 3.05) is 19.6 Å². The van der Waals surface area contributed by atoms with Gasteiger partial charge in [0.05, 0.1) is 0 Å². The van der Waals surface area contributed by atoms with Crippen molar-refractivity contribution in [2.24, 2.45) is 11.7 Å². The van der Waals surface area contributed by atoms with E-state index in [0.29, 0.717) is 18.0 Å². The lowest BCUT2D eigenvalue weighted by atomic mass is 9.97. The van der Waals surface area contributed by atoms with Gasteiger partial charge in [-0.05, 0) is 43.4 Å². The molecule has 1 heterocycles. The van der Waals surface area contributed by atoms with Crippen LogP contribution in [-0.2, 0) is 6.42 Å². The van der Waals surface area contributed by atoms with Gasteiger partial charge in [-0.3, -0.25) is 4.79 Å². The maximum absolute atomic E-state index is 11.7. The summed E-state index contributed by atoms with van der Waals surface area (Å²) in [6.07, 6.45) is 1.87. The predicted octanol–water partition coefficient (Wildman–Crippen LogP) is 1.38. The summed E-state index contributed by atoms with van der Waals surface area (Å²) in [5.41, 5.74) is 6.93. The molecule has 1 aromatic rings. The number of hydrogen-bond acceptors (Lipinski definition) is 2. The van der Waals surface area contributed by atoms with Crippen LogP contribution >= 0.6 is 0 Å². The van der Waals surface area contributed by atoms with Gasteiger partial charge in [0, 0.05) is 25.2 Å². The van der Waals surface area contributed by atoms with Gasteiger partial charge in [-0.15, -0.1) is 0 Å². The number of amides is 3. The molecule has 1 atom stereocenters. The molecule has 0 bridgehead atoms. The fourth-order valence-corrected chi connectivity index (χ4v) is 2.63. The number of urea groups is 1. The zero-order valence-corrected chi connectivity index (χ0v) is 11.8. The molecule has 3 amide bonds. The average Bonchev–Trinajstić information content (AvgIpc) is 2.88. The van der Waals surface area contributed by atoms with Gasteiger partial charge in [0.25, 0.3) is 0 Å². The van der Waals surface area contributed by atoms with Crippen molar-refractivity contribution in [3.8, 4) is 0 Å². The summed E-state index contributed by atoms with van der Waals surface area (Å²) in [5, 5.41) is 2.82. The van der Waals surface area contributed by atoms with Crippen LogP contribution in [0, 0.1) is 5.92 Å². The third-order valence-electron chi connectivity index (χ3n) is 3.64. The first-order valence-electron chi connectivity index (χ1n) is 7.01. The van der Waals surface area contributed by atoms with Crippen LogP contribution in [0.2, 0.25) is 0 Å². The fraction of sp³-hybridized carbons (Fsp3) is 0.467. The van der Waals surface area contributed by atoms with E-state index in [2.05, 4.69) is 5.32 Å². The molecule has 1 unspecified atom stereocenters. The number of benzene rings is 1. The number of hydrogen-bond donors (Lipinski definition) is 2. The second-order valence-electron chi connectivity index (χ2n) is 5.20. The smallest absolute Gasteiger partial charge is 0.317 e. The SMILES string of the molecule is CCNC(=O)N1CCC(Cc2cccc(C(N)=O)c2)C1. The van der Waals surface area contributed by atoms with Crippen molar-refractivity contribution in [2.45, 2.75) is 19.8 Å². The second-order valence-corrected chi connectivity index (χ2v) is 5.20. The van der Waals surface area contributed by atoms with Crippen LogP contribution in [0.1, 0.15) is 29.3 Å². The van der Waals surface area contributed by atoms with Crippen molar-refractivity contribution in [3.63, 3.8) is 0 Å². The van der Waals surface area contributed by atoms with Crippen molar-refractivity contribution < 1.29 is 9.59 Å². The summed E-state index contributed by atoms with van der Waals surface area (Å²) in [7, 11) is 0. The zero-order chi connectivity index (χ0) is 14.5. The molecule has 3 N–H and O–H groups in total. The molecule has 20 heavy (non-hydrogen) atoms. The Morgan fingerprint density at radius 2 is 2.25 bits per heavy atom. The molecule has 1 fully saturated rings. The molecule has 5 nitrogen and oxygen atoms in total. The number of likely N-dealkylation sites (tertiary alicyclic amines) is 1. The summed E-state index contributed by atoms with van der Waals surface area (Å²) >= 11 is 0. The maximum Gasteiger partial charge on any atom is 0.317 e. The van der Waals surface area contributed by atoms with E-state index >= 15 is 0 Å². The number of rotatable bonds is 4. The summed E-state index contributed by atoms with van der Waals surface area (Å²) < 4.78 is 0. The fourth-order valence-electron chi connectivity index (χ4n) is 2.63. The summed E-state index contributed by atoms with van der Waals surface area (Å²) in [5.74, 6) is 0.0444. The highest BCUT2D eigenvalue weighted by atomic mass is 16.2. The van der Waals surface area contributed by atoms with Gasteiger partial charge in [0.2, 0.25) is 5.91 Å². The molecule has 0 saturated carbocycles. The van der Waals surface area contributed by atoms with E-state index in [1.165, 1.54) is 0 Å². The Morgan fingerprint density at radius 1 is 1.45 bits per heavy atom. The largest absolute Gasteiger partial charge is 0.366 e. The molecule has 1 aliphatic rings. The molecular weight excluding hydrogens is 254 g/mol. The predicted molar refractivity (Wildman–Crippen MR) is 77.4 cm³/mol. The molecule has 1 saturated heterocycles. The Labute approximate surface area is 119 Å². The van der Waals surface area contributed by atoms with E-state index in [-0.39, 0.29) is 6.03 Å². The summed E-state index contributed by atoms with van der Waals surface area (Å²) in [4.78, 5) is 24.8. The van der Waals surface area contributed by atoms with Gasteiger partial charge in [0.1, 0.15) is 0 Å². The third-order valence-corrected chi connectivity index (χ3v) is 3.64. The highest BCUT2D eigenvalue weighted by Crippen LogP contribution is 2.21. The van der Waals surface area contributed by atoms with Crippen LogP contribution in [0.4, 0.5) is 4.79 Å². The quantitative estimate of drug-likeness (QED) is 0.871. The van der Waals surface area contributed by atoms with Crippen LogP contribution < -0.4 is 11.1 Å². The topological polar surface area (TPSA) is 75.4 Å². The minimum Gasteiger partial charge on any atom is -0.366 e. The lowest BCUT2D eigenvalue weighted by Gasteiger charge is -2.16. The van der Waals surface area contributed by atoms with Crippen LogP contribution in [0.15, 0.2) is 24.3 Å². The molecule has 1 aromatic carbocycles. The Morgan fingerprint density at radius 3 is 2.95 bits per heavy atom. The minimum atomic E-state index is -0.401. The van der Waals surface area contributed by atoms with Crippen molar-refractivity contribution in [1.82, 2.24) is 10.2 Å². The highest BCUT2D eigenvalue weighted by molar-refractivity contribution is 5.92. The van der Waals surface area contributed by atoms with Crippen LogP contribution in [-0.4, -0.2) is 36.5 Å². The number of carbonyl (C=O) groups is 2. The lowest BCUT2D eigenvalue weighted by molar-refractivity contribution is 0.1000. The Hall–Kier alpha value is -2.04. The lowest BCUT2D eigenvalue weighted by Crippen LogP contribution is -2.38. The first-order chi connectivity index (χ1) is 9.60. The van der Waals surface area contributed by atoms with E-state index in [1.807, 2.05) is 30.0 Å². The number of nitrogens with two attached hydrogens (primary N) is 1. The van der Waals surface area contributed by atoms with E-state index in [1.54, 1.807) is 6.07 Å². The molecule has 108 valence electrons. The average molecular weight is 275 g/mol. The first-order valence-corrected chi connectivity index (χ1v) is 7.01.